The third-order valence-electron chi connectivity index (χ3n) is 4.55. The lowest BCUT2D eigenvalue weighted by molar-refractivity contribution is -0.123. The fourth-order valence-electron chi connectivity index (χ4n) is 2.77. The van der Waals surface area contributed by atoms with E-state index in [1.807, 2.05) is 32.0 Å². The maximum Gasteiger partial charge on any atom is 0.321 e. The lowest BCUT2D eigenvalue weighted by atomic mass is 10.2. The van der Waals surface area contributed by atoms with Gasteiger partial charge in [-0.05, 0) is 25.5 Å². The standard InChI is InChI=1S/C19H29N5O3S/c1-3-14(2)21-18(26)12-23-8-10-24(11-9-23)19(27)22-15-6-4-5-7-16(15)28-13-17(20)25/h4-7,14H,3,8-13H2,1-2H3,(H2,20,25)(H,21,26)(H,22,27). The van der Waals surface area contributed by atoms with Crippen molar-refractivity contribution in [3.8, 4) is 0 Å². The molecule has 2 rings (SSSR count). The summed E-state index contributed by atoms with van der Waals surface area (Å²) >= 11 is 1.30. The van der Waals surface area contributed by atoms with Crippen LogP contribution in [0, 0.1) is 0 Å². The Kier molecular flexibility index (Phi) is 8.59. The van der Waals surface area contributed by atoms with E-state index < -0.39 is 5.91 Å². The summed E-state index contributed by atoms with van der Waals surface area (Å²) in [4.78, 5) is 40.2. The van der Waals surface area contributed by atoms with E-state index in [1.165, 1.54) is 11.8 Å². The molecule has 1 aromatic carbocycles. The molecular formula is C19H29N5O3S. The maximum absolute atomic E-state index is 12.6. The van der Waals surface area contributed by atoms with Crippen LogP contribution in [0.4, 0.5) is 10.5 Å². The molecule has 9 heteroatoms. The highest BCUT2D eigenvalue weighted by molar-refractivity contribution is 8.00. The van der Waals surface area contributed by atoms with Crippen LogP contribution < -0.4 is 16.4 Å². The Morgan fingerprint density at radius 3 is 2.50 bits per heavy atom. The van der Waals surface area contributed by atoms with Gasteiger partial charge in [0.25, 0.3) is 0 Å². The summed E-state index contributed by atoms with van der Waals surface area (Å²) in [7, 11) is 0. The summed E-state index contributed by atoms with van der Waals surface area (Å²) in [6.07, 6.45) is 0.902. The van der Waals surface area contributed by atoms with Gasteiger partial charge in [0.05, 0.1) is 18.0 Å². The SMILES string of the molecule is CCC(C)NC(=O)CN1CCN(C(=O)Nc2ccccc2SCC(N)=O)CC1. The fraction of sp³-hybridized carbons (Fsp3) is 0.526. The van der Waals surface area contributed by atoms with E-state index in [4.69, 9.17) is 5.73 Å². The molecule has 154 valence electrons. The number of thioether (sulfide) groups is 1. The first-order valence-electron chi connectivity index (χ1n) is 9.46. The highest BCUT2D eigenvalue weighted by Crippen LogP contribution is 2.27. The number of urea groups is 1. The molecular weight excluding hydrogens is 378 g/mol. The molecule has 0 saturated carbocycles. The van der Waals surface area contributed by atoms with Crippen LogP contribution in [0.3, 0.4) is 0 Å². The third-order valence-corrected chi connectivity index (χ3v) is 5.64. The van der Waals surface area contributed by atoms with Crippen molar-refractivity contribution in [1.82, 2.24) is 15.1 Å². The zero-order valence-corrected chi connectivity index (χ0v) is 17.3. The Morgan fingerprint density at radius 1 is 1.18 bits per heavy atom. The zero-order chi connectivity index (χ0) is 20.5. The topological polar surface area (TPSA) is 108 Å². The first-order valence-corrected chi connectivity index (χ1v) is 10.5. The van der Waals surface area contributed by atoms with Gasteiger partial charge in [0.15, 0.2) is 0 Å². The molecule has 1 heterocycles. The second kappa shape index (κ2) is 10.9. The summed E-state index contributed by atoms with van der Waals surface area (Å²) in [5.74, 6) is -0.225. The van der Waals surface area contributed by atoms with Crippen molar-refractivity contribution in [2.75, 3.05) is 43.8 Å². The predicted octanol–water partition coefficient (Wildman–Crippen LogP) is 1.33. The van der Waals surface area contributed by atoms with Gasteiger partial charge in [-0.25, -0.2) is 4.79 Å². The Labute approximate surface area is 170 Å². The van der Waals surface area contributed by atoms with Crippen molar-refractivity contribution < 1.29 is 14.4 Å². The van der Waals surface area contributed by atoms with E-state index >= 15 is 0 Å². The highest BCUT2D eigenvalue weighted by Gasteiger charge is 2.23. The minimum atomic E-state index is -0.403. The van der Waals surface area contributed by atoms with E-state index in [2.05, 4.69) is 15.5 Å². The van der Waals surface area contributed by atoms with Crippen molar-refractivity contribution in [3.63, 3.8) is 0 Å². The Morgan fingerprint density at radius 2 is 1.86 bits per heavy atom. The zero-order valence-electron chi connectivity index (χ0n) is 16.4. The summed E-state index contributed by atoms with van der Waals surface area (Å²) < 4.78 is 0. The number of nitrogens with one attached hydrogen (secondary N) is 2. The summed E-state index contributed by atoms with van der Waals surface area (Å²) in [5.41, 5.74) is 5.86. The Hall–Kier alpha value is -2.26. The number of anilines is 1. The van der Waals surface area contributed by atoms with Crippen LogP contribution in [0.2, 0.25) is 0 Å². The van der Waals surface area contributed by atoms with Gasteiger partial charge in [0.1, 0.15) is 0 Å². The van der Waals surface area contributed by atoms with Gasteiger partial charge in [-0.1, -0.05) is 19.1 Å². The van der Waals surface area contributed by atoms with Gasteiger partial charge >= 0.3 is 6.03 Å². The number of carbonyl (C=O) groups is 3. The van der Waals surface area contributed by atoms with Crippen LogP contribution in [0.15, 0.2) is 29.2 Å². The molecule has 0 spiro atoms. The average Bonchev–Trinajstić information content (AvgIpc) is 2.67. The molecule has 1 atom stereocenters. The third kappa shape index (κ3) is 7.05. The largest absolute Gasteiger partial charge is 0.369 e. The highest BCUT2D eigenvalue weighted by atomic mass is 32.2. The van der Waals surface area contributed by atoms with Crippen molar-refractivity contribution in [1.29, 1.82) is 0 Å². The smallest absolute Gasteiger partial charge is 0.321 e. The number of para-hydroxylation sites is 1. The number of primary amides is 1. The van der Waals surface area contributed by atoms with Gasteiger partial charge in [-0.2, -0.15) is 0 Å². The monoisotopic (exact) mass is 407 g/mol. The maximum atomic E-state index is 12.6. The summed E-state index contributed by atoms with van der Waals surface area (Å²) in [6.45, 7) is 6.79. The van der Waals surface area contributed by atoms with Crippen molar-refractivity contribution in [2.24, 2.45) is 5.73 Å². The number of benzene rings is 1. The second-order valence-corrected chi connectivity index (χ2v) is 7.84. The van der Waals surface area contributed by atoms with Crippen LogP contribution in [-0.2, 0) is 9.59 Å². The van der Waals surface area contributed by atoms with Crippen LogP contribution in [0.5, 0.6) is 0 Å². The molecule has 1 unspecified atom stereocenters. The molecule has 0 aliphatic carbocycles. The second-order valence-electron chi connectivity index (χ2n) is 6.82. The van der Waals surface area contributed by atoms with Gasteiger partial charge in [0.2, 0.25) is 11.8 Å². The molecule has 0 aromatic heterocycles. The molecule has 4 amide bonds. The first kappa shape index (κ1) is 22.0. The van der Waals surface area contributed by atoms with E-state index in [1.54, 1.807) is 11.0 Å². The lowest BCUT2D eigenvalue weighted by Gasteiger charge is -2.34. The lowest BCUT2D eigenvalue weighted by Crippen LogP contribution is -2.52. The van der Waals surface area contributed by atoms with Crippen LogP contribution in [0.25, 0.3) is 0 Å². The number of hydrogen-bond donors (Lipinski definition) is 3. The molecule has 1 aromatic rings. The van der Waals surface area contributed by atoms with E-state index in [-0.39, 0.29) is 23.7 Å². The molecule has 0 bridgehead atoms. The van der Waals surface area contributed by atoms with Crippen LogP contribution in [-0.4, -0.2) is 72.2 Å². The van der Waals surface area contributed by atoms with Crippen molar-refractivity contribution >= 4 is 35.3 Å². The molecule has 4 N–H and O–H groups in total. The Bertz CT molecular complexity index is 692. The summed E-state index contributed by atoms with van der Waals surface area (Å²) in [5, 5.41) is 5.87. The van der Waals surface area contributed by atoms with Gasteiger partial charge < -0.3 is 21.3 Å². The minimum absolute atomic E-state index is 0.0210. The number of nitrogens with two attached hydrogens (primary N) is 1. The number of hydrogen-bond acceptors (Lipinski definition) is 5. The quantitative estimate of drug-likeness (QED) is 0.564. The van der Waals surface area contributed by atoms with E-state index in [9.17, 15) is 14.4 Å². The molecule has 1 fully saturated rings. The van der Waals surface area contributed by atoms with Crippen molar-refractivity contribution in [3.05, 3.63) is 24.3 Å². The molecule has 1 aliphatic rings. The fourth-order valence-corrected chi connectivity index (χ4v) is 3.52. The van der Waals surface area contributed by atoms with Gasteiger partial charge in [-0.3, -0.25) is 14.5 Å². The predicted molar refractivity (Wildman–Crippen MR) is 111 cm³/mol. The number of amides is 4. The number of nitrogens with zero attached hydrogens (tertiary/aromatic N) is 2. The molecule has 1 aliphatic heterocycles. The van der Waals surface area contributed by atoms with Crippen LogP contribution in [0.1, 0.15) is 20.3 Å². The molecule has 28 heavy (non-hydrogen) atoms. The molecule has 1 saturated heterocycles. The van der Waals surface area contributed by atoms with Gasteiger partial charge in [0, 0.05) is 37.1 Å². The van der Waals surface area contributed by atoms with Gasteiger partial charge in [-0.15, -0.1) is 11.8 Å². The number of piperazine rings is 1. The molecule has 8 nitrogen and oxygen atoms in total. The number of carbonyl (C=O) groups excluding carboxylic acids is 3. The number of rotatable bonds is 8. The first-order chi connectivity index (χ1) is 13.4. The minimum Gasteiger partial charge on any atom is -0.369 e. The van der Waals surface area contributed by atoms with E-state index in [0.29, 0.717) is 38.4 Å². The van der Waals surface area contributed by atoms with E-state index in [0.717, 1.165) is 11.3 Å². The molecule has 0 radical (unpaired) electrons. The average molecular weight is 408 g/mol. The summed E-state index contributed by atoms with van der Waals surface area (Å²) in [6, 6.07) is 7.32. The Balaban J connectivity index is 1.82. The normalized spacial score (nSPS) is 15.7. The van der Waals surface area contributed by atoms with Crippen LogP contribution >= 0.6 is 11.8 Å². The van der Waals surface area contributed by atoms with Crippen molar-refractivity contribution in [2.45, 2.75) is 31.2 Å².